The van der Waals surface area contributed by atoms with Crippen LogP contribution in [0.15, 0.2) is 45.3 Å². The molecule has 0 aliphatic rings. The molecule has 0 spiro atoms. The highest BCUT2D eigenvalue weighted by Crippen LogP contribution is 2.29. The molecular weight excluding hydrogens is 351 g/mol. The molecule has 0 unspecified atom stereocenters. The van der Waals surface area contributed by atoms with Crippen molar-refractivity contribution in [2.75, 3.05) is 11.1 Å². The van der Waals surface area contributed by atoms with Crippen molar-refractivity contribution in [1.82, 2.24) is 0 Å². The zero-order valence-corrected chi connectivity index (χ0v) is 11.8. The summed E-state index contributed by atoms with van der Waals surface area (Å²) < 4.78 is 15.0. The highest BCUT2D eigenvalue weighted by Gasteiger charge is 2.03. The number of nitrogen functional groups attached to an aromatic ring is 1. The Hall–Kier alpha value is -1.07. The summed E-state index contributed by atoms with van der Waals surface area (Å²) in [6.07, 6.45) is 0. The molecule has 2 nitrogen and oxygen atoms in total. The second-order valence-corrected chi connectivity index (χ2v) is 5.29. The Bertz CT molecular complexity index is 538. The summed E-state index contributed by atoms with van der Waals surface area (Å²) in [5.41, 5.74) is 7.43. The fraction of sp³-hybridized carbons (Fsp3) is 0. The van der Waals surface area contributed by atoms with Crippen molar-refractivity contribution in [2.24, 2.45) is 0 Å². The van der Waals surface area contributed by atoms with Crippen LogP contribution < -0.4 is 11.1 Å². The normalized spacial score (nSPS) is 10.3. The first-order valence-corrected chi connectivity index (χ1v) is 6.41. The molecule has 88 valence electrons. The number of halogens is 3. The van der Waals surface area contributed by atoms with Gasteiger partial charge >= 0.3 is 0 Å². The van der Waals surface area contributed by atoms with E-state index in [1.807, 2.05) is 18.2 Å². The molecule has 0 radical (unpaired) electrons. The Labute approximate surface area is 115 Å². The number of rotatable bonds is 2. The maximum Gasteiger partial charge on any atom is 0.127 e. The summed E-state index contributed by atoms with van der Waals surface area (Å²) in [6, 6.07) is 10.0. The van der Waals surface area contributed by atoms with Gasteiger partial charge in [-0.3, -0.25) is 0 Å². The molecule has 0 aliphatic carbocycles. The molecule has 0 bridgehead atoms. The highest BCUT2D eigenvalue weighted by atomic mass is 79.9. The number of benzene rings is 2. The smallest absolute Gasteiger partial charge is 0.127 e. The Morgan fingerprint density at radius 2 is 1.82 bits per heavy atom. The van der Waals surface area contributed by atoms with E-state index in [1.54, 1.807) is 6.07 Å². The van der Waals surface area contributed by atoms with E-state index < -0.39 is 0 Å². The summed E-state index contributed by atoms with van der Waals surface area (Å²) in [4.78, 5) is 0. The van der Waals surface area contributed by atoms with Crippen molar-refractivity contribution < 1.29 is 4.39 Å². The molecule has 0 aliphatic heterocycles. The van der Waals surface area contributed by atoms with Crippen molar-refractivity contribution in [3.8, 4) is 0 Å². The van der Waals surface area contributed by atoms with Crippen LogP contribution in [-0.4, -0.2) is 0 Å². The number of anilines is 3. The fourth-order valence-electron chi connectivity index (χ4n) is 1.43. The Balaban J connectivity index is 2.31. The standard InChI is InChI=1S/C12H9Br2FN2/c13-7-1-2-12(11(14)3-7)17-10-5-8(15)4-9(16)6-10/h1-6,17H,16H2. The van der Waals surface area contributed by atoms with E-state index >= 15 is 0 Å². The van der Waals surface area contributed by atoms with Gasteiger partial charge in [-0.05, 0) is 52.3 Å². The number of hydrogen-bond donors (Lipinski definition) is 2. The van der Waals surface area contributed by atoms with Gasteiger partial charge in [0.15, 0.2) is 0 Å². The van der Waals surface area contributed by atoms with E-state index in [0.29, 0.717) is 11.4 Å². The van der Waals surface area contributed by atoms with Crippen molar-refractivity contribution in [2.45, 2.75) is 0 Å². The van der Waals surface area contributed by atoms with Gasteiger partial charge in [-0.2, -0.15) is 0 Å². The molecule has 0 atom stereocenters. The van der Waals surface area contributed by atoms with Gasteiger partial charge in [-0.1, -0.05) is 15.9 Å². The van der Waals surface area contributed by atoms with Crippen LogP contribution in [0.25, 0.3) is 0 Å². The SMILES string of the molecule is Nc1cc(F)cc(Nc2ccc(Br)cc2Br)c1. The molecule has 0 amide bonds. The van der Waals surface area contributed by atoms with Crippen LogP contribution in [-0.2, 0) is 0 Å². The molecule has 0 fully saturated rings. The molecular formula is C12H9Br2FN2. The Morgan fingerprint density at radius 1 is 1.06 bits per heavy atom. The lowest BCUT2D eigenvalue weighted by molar-refractivity contribution is 0.629. The summed E-state index contributed by atoms with van der Waals surface area (Å²) in [5, 5.41) is 3.09. The average molecular weight is 360 g/mol. The third kappa shape index (κ3) is 3.20. The van der Waals surface area contributed by atoms with Crippen molar-refractivity contribution in [3.05, 3.63) is 51.2 Å². The van der Waals surface area contributed by atoms with E-state index in [1.165, 1.54) is 12.1 Å². The van der Waals surface area contributed by atoms with E-state index in [-0.39, 0.29) is 5.82 Å². The van der Waals surface area contributed by atoms with Crippen LogP contribution in [0, 0.1) is 5.82 Å². The lowest BCUT2D eigenvalue weighted by atomic mass is 10.2. The lowest BCUT2D eigenvalue weighted by Crippen LogP contribution is -1.94. The first kappa shape index (κ1) is 12.4. The second-order valence-electron chi connectivity index (χ2n) is 3.52. The summed E-state index contributed by atoms with van der Waals surface area (Å²) in [6.45, 7) is 0. The van der Waals surface area contributed by atoms with Gasteiger partial charge in [0.1, 0.15) is 5.82 Å². The molecule has 0 aromatic heterocycles. The number of hydrogen-bond acceptors (Lipinski definition) is 2. The summed E-state index contributed by atoms with van der Waals surface area (Å²) >= 11 is 6.79. The van der Waals surface area contributed by atoms with Gasteiger partial charge < -0.3 is 11.1 Å². The molecule has 2 aromatic carbocycles. The maximum absolute atomic E-state index is 13.2. The van der Waals surface area contributed by atoms with Crippen molar-refractivity contribution in [1.29, 1.82) is 0 Å². The van der Waals surface area contributed by atoms with E-state index in [9.17, 15) is 4.39 Å². The third-order valence-corrected chi connectivity index (χ3v) is 3.28. The van der Waals surface area contributed by atoms with Crippen molar-refractivity contribution >= 4 is 48.9 Å². The van der Waals surface area contributed by atoms with Crippen LogP contribution in [0.2, 0.25) is 0 Å². The van der Waals surface area contributed by atoms with Crippen LogP contribution in [0.3, 0.4) is 0 Å². The molecule has 2 rings (SSSR count). The predicted octanol–water partition coefficient (Wildman–Crippen LogP) is 4.68. The molecule has 2 aromatic rings. The third-order valence-electron chi connectivity index (χ3n) is 2.13. The first-order chi connectivity index (χ1) is 8.04. The zero-order valence-electron chi connectivity index (χ0n) is 8.68. The highest BCUT2D eigenvalue weighted by molar-refractivity contribution is 9.11. The molecule has 0 saturated carbocycles. The van der Waals surface area contributed by atoms with Gasteiger partial charge in [0.05, 0.1) is 5.69 Å². The van der Waals surface area contributed by atoms with Gasteiger partial charge in [0, 0.05) is 20.3 Å². The summed E-state index contributed by atoms with van der Waals surface area (Å²) in [5.74, 6) is -0.360. The minimum absolute atomic E-state index is 0.360. The quantitative estimate of drug-likeness (QED) is 0.764. The van der Waals surface area contributed by atoms with Crippen LogP contribution >= 0.6 is 31.9 Å². The Kier molecular flexibility index (Phi) is 3.69. The zero-order chi connectivity index (χ0) is 12.4. The molecule has 5 heteroatoms. The van der Waals surface area contributed by atoms with Gasteiger partial charge in [-0.15, -0.1) is 0 Å². The molecule has 3 N–H and O–H groups in total. The topological polar surface area (TPSA) is 38.0 Å². The lowest BCUT2D eigenvalue weighted by Gasteiger charge is -2.09. The minimum atomic E-state index is -0.360. The fourth-order valence-corrected chi connectivity index (χ4v) is 2.58. The van der Waals surface area contributed by atoms with E-state index in [2.05, 4.69) is 37.2 Å². The van der Waals surface area contributed by atoms with Crippen molar-refractivity contribution in [3.63, 3.8) is 0 Å². The monoisotopic (exact) mass is 358 g/mol. The van der Waals surface area contributed by atoms with Crippen LogP contribution in [0.1, 0.15) is 0 Å². The number of nitrogens with two attached hydrogens (primary N) is 1. The average Bonchev–Trinajstić information content (AvgIpc) is 2.21. The second kappa shape index (κ2) is 5.06. The first-order valence-electron chi connectivity index (χ1n) is 4.83. The predicted molar refractivity (Wildman–Crippen MR) is 75.9 cm³/mol. The molecule has 0 saturated heterocycles. The molecule has 17 heavy (non-hydrogen) atoms. The van der Waals surface area contributed by atoms with Gasteiger partial charge in [0.2, 0.25) is 0 Å². The largest absolute Gasteiger partial charge is 0.399 e. The van der Waals surface area contributed by atoms with Gasteiger partial charge in [-0.25, -0.2) is 4.39 Å². The van der Waals surface area contributed by atoms with E-state index in [4.69, 9.17) is 5.73 Å². The number of nitrogens with one attached hydrogen (secondary N) is 1. The summed E-state index contributed by atoms with van der Waals surface area (Å²) in [7, 11) is 0. The Morgan fingerprint density at radius 3 is 2.47 bits per heavy atom. The van der Waals surface area contributed by atoms with Gasteiger partial charge in [0.25, 0.3) is 0 Å². The van der Waals surface area contributed by atoms with Crippen LogP contribution in [0.4, 0.5) is 21.5 Å². The molecule has 0 heterocycles. The minimum Gasteiger partial charge on any atom is -0.399 e. The van der Waals surface area contributed by atoms with Crippen LogP contribution in [0.5, 0.6) is 0 Å². The van der Waals surface area contributed by atoms with E-state index in [0.717, 1.165) is 14.6 Å². The maximum atomic E-state index is 13.2.